The Bertz CT molecular complexity index is 1080. The van der Waals surface area contributed by atoms with Gasteiger partial charge in [-0.1, -0.05) is 0 Å². The molecule has 0 aliphatic heterocycles. The maximum Gasteiger partial charge on any atom is 0.340 e. The van der Waals surface area contributed by atoms with Gasteiger partial charge in [-0.25, -0.2) is 18.9 Å². The van der Waals surface area contributed by atoms with Crippen LogP contribution in [0.2, 0.25) is 0 Å². The van der Waals surface area contributed by atoms with E-state index in [1.807, 2.05) is 19.1 Å². The van der Waals surface area contributed by atoms with Gasteiger partial charge in [0.05, 0.1) is 6.10 Å². The van der Waals surface area contributed by atoms with Gasteiger partial charge < -0.3 is 9.15 Å². The molecule has 4 rings (SSSR count). The van der Waals surface area contributed by atoms with Crippen molar-refractivity contribution in [2.24, 2.45) is 0 Å². The summed E-state index contributed by atoms with van der Waals surface area (Å²) >= 11 is 1.11. The maximum absolute atomic E-state index is 14.7. The lowest BCUT2D eigenvalue weighted by Crippen LogP contribution is -2.12. The fourth-order valence-electron chi connectivity index (χ4n) is 3.01. The molecule has 0 bridgehead atoms. The van der Waals surface area contributed by atoms with Crippen LogP contribution >= 0.6 is 12.1 Å². The molecule has 8 heteroatoms. The van der Waals surface area contributed by atoms with Crippen molar-refractivity contribution < 1.29 is 13.5 Å². The number of benzene rings is 1. The molecule has 2 heterocycles. The van der Waals surface area contributed by atoms with Gasteiger partial charge in [-0.3, -0.25) is 4.72 Å². The number of fused-ring (bicyclic) bond motifs is 1. The van der Waals surface area contributed by atoms with E-state index in [-0.39, 0.29) is 18.3 Å². The van der Waals surface area contributed by atoms with E-state index in [1.165, 1.54) is 6.20 Å². The monoisotopic (exact) mass is 401 g/mol. The summed E-state index contributed by atoms with van der Waals surface area (Å²) in [5.41, 5.74) is 1.59. The third kappa shape index (κ3) is 3.83. The van der Waals surface area contributed by atoms with E-state index in [4.69, 9.17) is 9.15 Å². The Labute approximate surface area is 165 Å². The second-order valence-electron chi connectivity index (χ2n) is 6.69. The highest BCUT2D eigenvalue weighted by atomic mass is 32.2. The van der Waals surface area contributed by atoms with Crippen LogP contribution in [0, 0.1) is 12.7 Å². The summed E-state index contributed by atoms with van der Waals surface area (Å²) in [6.07, 6.45) is 4.01. The van der Waals surface area contributed by atoms with E-state index in [0.717, 1.165) is 35.9 Å². The Morgan fingerprint density at radius 3 is 2.93 bits per heavy atom. The molecular formula is C20H20FN3O3S. The third-order valence-electron chi connectivity index (χ3n) is 4.67. The first kappa shape index (κ1) is 18.8. The van der Waals surface area contributed by atoms with Crippen molar-refractivity contribution in [1.82, 2.24) is 9.71 Å². The second-order valence-corrected chi connectivity index (χ2v) is 7.50. The molecule has 1 aliphatic rings. The minimum Gasteiger partial charge on any atom is -0.490 e. The first-order valence-electron chi connectivity index (χ1n) is 9.01. The lowest BCUT2D eigenvalue weighted by Gasteiger charge is -2.11. The van der Waals surface area contributed by atoms with Crippen LogP contribution in [-0.4, -0.2) is 18.1 Å². The molecule has 0 amide bonds. The molecular weight excluding hydrogens is 381 g/mol. The lowest BCUT2D eigenvalue weighted by atomic mass is 10.00. The maximum atomic E-state index is 14.7. The van der Waals surface area contributed by atoms with Crippen molar-refractivity contribution >= 4 is 28.9 Å². The summed E-state index contributed by atoms with van der Waals surface area (Å²) in [6, 6.07) is 7.08. The van der Waals surface area contributed by atoms with Crippen LogP contribution in [0.4, 0.5) is 10.2 Å². The number of rotatable bonds is 7. The van der Waals surface area contributed by atoms with Crippen LogP contribution in [0.25, 0.3) is 11.0 Å². The third-order valence-corrected chi connectivity index (χ3v) is 5.17. The van der Waals surface area contributed by atoms with Gasteiger partial charge in [0.25, 0.3) is 0 Å². The summed E-state index contributed by atoms with van der Waals surface area (Å²) in [4.78, 5) is 16.6. The predicted octanol–water partition coefficient (Wildman–Crippen LogP) is 3.96. The number of aromatic nitrogens is 1. The average Bonchev–Trinajstić information content (AvgIpc) is 3.49. The number of nitrogens with one attached hydrogen (secondary N) is 2. The van der Waals surface area contributed by atoms with E-state index in [1.54, 1.807) is 19.2 Å². The number of halogens is 1. The molecule has 1 saturated carbocycles. The van der Waals surface area contributed by atoms with E-state index in [0.29, 0.717) is 22.5 Å². The quantitative estimate of drug-likeness (QED) is 0.458. The fourth-order valence-corrected chi connectivity index (χ4v) is 3.35. The zero-order valence-corrected chi connectivity index (χ0v) is 16.4. The largest absolute Gasteiger partial charge is 0.490 e. The molecule has 2 aromatic heterocycles. The number of hydrogen-bond donors (Lipinski definition) is 2. The standard InChI is InChI=1S/C20H20FN3O3S/c1-11-15-6-5-14(26-13-3-4-13)10-17(15)27-20(25)16(11)9-12-7-8-23-19(18(12)21)24-28-22-2/h5-8,10,13,22H,3-4,9H2,1-2H3,(H,23,24). The Balaban J connectivity index is 1.68. The molecule has 6 nitrogen and oxygen atoms in total. The zero-order valence-electron chi connectivity index (χ0n) is 15.5. The van der Waals surface area contributed by atoms with Gasteiger partial charge in [0.1, 0.15) is 11.3 Å². The average molecular weight is 401 g/mol. The molecule has 0 saturated heterocycles. The molecule has 3 aromatic rings. The van der Waals surface area contributed by atoms with Crippen molar-refractivity contribution in [3.8, 4) is 5.75 Å². The summed E-state index contributed by atoms with van der Waals surface area (Å²) in [6.45, 7) is 1.85. The molecule has 146 valence electrons. The molecule has 1 fully saturated rings. The number of pyridine rings is 1. The highest BCUT2D eigenvalue weighted by Crippen LogP contribution is 2.30. The van der Waals surface area contributed by atoms with Crippen molar-refractivity contribution in [3.63, 3.8) is 0 Å². The Morgan fingerprint density at radius 2 is 2.18 bits per heavy atom. The lowest BCUT2D eigenvalue weighted by molar-refractivity contribution is 0.303. The van der Waals surface area contributed by atoms with Crippen molar-refractivity contribution in [2.75, 3.05) is 11.8 Å². The first-order valence-corrected chi connectivity index (χ1v) is 9.83. The molecule has 0 spiro atoms. The van der Waals surface area contributed by atoms with E-state index in [9.17, 15) is 9.18 Å². The normalized spacial score (nSPS) is 13.7. The zero-order chi connectivity index (χ0) is 19.7. The minimum atomic E-state index is -0.489. The van der Waals surface area contributed by atoms with Crippen LogP contribution in [0.15, 0.2) is 39.7 Å². The molecule has 28 heavy (non-hydrogen) atoms. The second kappa shape index (κ2) is 7.81. The smallest absolute Gasteiger partial charge is 0.340 e. The Kier molecular flexibility index (Phi) is 5.23. The van der Waals surface area contributed by atoms with Crippen LogP contribution in [0.5, 0.6) is 5.75 Å². The van der Waals surface area contributed by atoms with Gasteiger partial charge in [0.15, 0.2) is 11.6 Å². The molecule has 2 N–H and O–H groups in total. The SMILES string of the molecule is CNSNc1nccc(Cc2c(C)c3ccc(OC4CC4)cc3oc2=O)c1F. The van der Waals surface area contributed by atoms with Crippen LogP contribution in [0.1, 0.15) is 29.5 Å². The molecule has 0 unspecified atom stereocenters. The predicted molar refractivity (Wildman–Crippen MR) is 108 cm³/mol. The van der Waals surface area contributed by atoms with Crippen molar-refractivity contribution in [2.45, 2.75) is 32.3 Å². The van der Waals surface area contributed by atoms with E-state index >= 15 is 0 Å². The van der Waals surface area contributed by atoms with Crippen molar-refractivity contribution in [1.29, 1.82) is 0 Å². The number of anilines is 1. The summed E-state index contributed by atoms with van der Waals surface area (Å²) in [5.74, 6) is 0.321. The molecule has 0 radical (unpaired) electrons. The highest BCUT2D eigenvalue weighted by molar-refractivity contribution is 7.98. The van der Waals surface area contributed by atoms with E-state index in [2.05, 4.69) is 14.4 Å². The minimum absolute atomic E-state index is 0.113. The Hall–Kier alpha value is -2.58. The number of nitrogens with zero attached hydrogens (tertiary/aromatic N) is 1. The molecule has 1 aromatic carbocycles. The van der Waals surface area contributed by atoms with Gasteiger partial charge >= 0.3 is 5.63 Å². The van der Waals surface area contributed by atoms with Gasteiger partial charge in [-0.15, -0.1) is 0 Å². The van der Waals surface area contributed by atoms with Crippen LogP contribution in [0.3, 0.4) is 0 Å². The van der Waals surface area contributed by atoms with Gasteiger partial charge in [0.2, 0.25) is 0 Å². The van der Waals surface area contributed by atoms with E-state index < -0.39 is 11.4 Å². The number of aryl methyl sites for hydroxylation is 1. The summed E-state index contributed by atoms with van der Waals surface area (Å²) < 4.78 is 31.6. The van der Waals surface area contributed by atoms with Crippen molar-refractivity contribution in [3.05, 3.63) is 63.4 Å². The van der Waals surface area contributed by atoms with Crippen LogP contribution < -0.4 is 19.8 Å². The highest BCUT2D eigenvalue weighted by Gasteiger charge is 2.24. The first-order chi connectivity index (χ1) is 13.6. The number of hydrogen-bond acceptors (Lipinski definition) is 7. The molecule has 1 aliphatic carbocycles. The van der Waals surface area contributed by atoms with Gasteiger partial charge in [-0.2, -0.15) is 0 Å². The van der Waals surface area contributed by atoms with Crippen LogP contribution in [-0.2, 0) is 6.42 Å². The summed E-state index contributed by atoms with van der Waals surface area (Å²) in [5, 5.41) is 0.816. The fraction of sp³-hybridized carbons (Fsp3) is 0.300. The van der Waals surface area contributed by atoms with Gasteiger partial charge in [-0.05, 0) is 56.1 Å². The molecule has 0 atom stereocenters. The topological polar surface area (TPSA) is 76.4 Å². The van der Waals surface area contributed by atoms with Gasteiger partial charge in [0, 0.05) is 41.8 Å². The Morgan fingerprint density at radius 1 is 1.36 bits per heavy atom. The summed E-state index contributed by atoms with van der Waals surface area (Å²) in [7, 11) is 1.71. The number of ether oxygens (including phenoxy) is 1.